The molecule has 5 aromatic rings. The zero-order valence-electron chi connectivity index (χ0n) is 16.6. The van der Waals surface area contributed by atoms with Crippen LogP contribution in [-0.2, 0) is 10.0 Å². The highest BCUT2D eigenvalue weighted by Crippen LogP contribution is 2.26. The number of aromatic nitrogens is 6. The molecule has 0 fully saturated rings. The lowest BCUT2D eigenvalue weighted by Gasteiger charge is -2.10. The molecule has 0 bridgehead atoms. The van der Waals surface area contributed by atoms with Gasteiger partial charge in [0.25, 0.3) is 10.0 Å². The molecule has 0 unspecified atom stereocenters. The van der Waals surface area contributed by atoms with Gasteiger partial charge in [0.15, 0.2) is 0 Å². The fraction of sp³-hybridized carbons (Fsp3) is 0.0500. The first kappa shape index (κ1) is 20.0. The summed E-state index contributed by atoms with van der Waals surface area (Å²) in [5, 5.41) is 0. The van der Waals surface area contributed by atoms with E-state index in [4.69, 9.17) is 4.74 Å². The van der Waals surface area contributed by atoms with Crippen LogP contribution in [0.1, 0.15) is 5.82 Å². The lowest BCUT2D eigenvalue weighted by Crippen LogP contribution is -2.13. The molecule has 3 heterocycles. The first-order chi connectivity index (χ1) is 15.5. The third-order valence-corrected chi connectivity index (χ3v) is 6.52. The average Bonchev–Trinajstić information content (AvgIpc) is 3.43. The molecule has 0 aliphatic rings. The van der Waals surface area contributed by atoms with Crippen molar-refractivity contribution in [2.24, 2.45) is 0 Å². The van der Waals surface area contributed by atoms with Crippen LogP contribution < -0.4 is 9.46 Å². The number of anilines is 1. The number of ether oxygens (including phenoxy) is 1. The second-order valence-corrected chi connectivity index (χ2v) is 8.86. The fourth-order valence-corrected chi connectivity index (χ4v) is 4.88. The highest BCUT2D eigenvalue weighted by atomic mass is 32.2. The van der Waals surface area contributed by atoms with E-state index in [1.165, 1.54) is 12.4 Å². The topological polar surface area (TPSA) is 125 Å². The van der Waals surface area contributed by atoms with Crippen molar-refractivity contribution in [2.45, 2.75) is 11.8 Å². The van der Waals surface area contributed by atoms with Crippen LogP contribution in [0.2, 0.25) is 0 Å². The lowest BCUT2D eigenvalue weighted by molar-refractivity contribution is 0.461. The second kappa shape index (κ2) is 7.98. The number of hydrogen-bond acceptors (Lipinski definition) is 9. The summed E-state index contributed by atoms with van der Waals surface area (Å²) in [6.45, 7) is 1.87. The molecular weight excluding hydrogens is 450 g/mol. The van der Waals surface area contributed by atoms with Crippen LogP contribution in [0.25, 0.3) is 16.9 Å². The maximum absolute atomic E-state index is 12.8. The summed E-state index contributed by atoms with van der Waals surface area (Å²) in [6.07, 6.45) is 4.88. The minimum atomic E-state index is -3.83. The van der Waals surface area contributed by atoms with E-state index in [0.29, 0.717) is 34.2 Å². The molecule has 0 radical (unpaired) electrons. The Bertz CT molecular complexity index is 1510. The molecular formula is C20H15N7O3S2. The van der Waals surface area contributed by atoms with Crippen LogP contribution in [0.4, 0.5) is 5.69 Å². The second-order valence-electron chi connectivity index (χ2n) is 6.68. The van der Waals surface area contributed by atoms with Crippen molar-refractivity contribution in [3.8, 4) is 17.4 Å². The molecule has 0 spiro atoms. The van der Waals surface area contributed by atoms with Crippen molar-refractivity contribution in [3.05, 3.63) is 73.1 Å². The highest BCUT2D eigenvalue weighted by Gasteiger charge is 2.19. The van der Waals surface area contributed by atoms with Crippen LogP contribution >= 0.6 is 11.7 Å². The Balaban J connectivity index is 1.34. The summed E-state index contributed by atoms with van der Waals surface area (Å²) in [6, 6.07) is 13.0. The minimum absolute atomic E-state index is 0.0763. The van der Waals surface area contributed by atoms with Crippen molar-refractivity contribution in [1.29, 1.82) is 0 Å². The summed E-state index contributed by atoms with van der Waals surface area (Å²) in [5.74, 6) is 2.25. The Kier molecular flexibility index (Phi) is 4.99. The van der Waals surface area contributed by atoms with Crippen molar-refractivity contribution in [1.82, 2.24) is 28.3 Å². The minimum Gasteiger partial charge on any atom is -0.439 e. The Morgan fingerprint density at radius 1 is 1.03 bits per heavy atom. The van der Waals surface area contributed by atoms with Gasteiger partial charge in [0.2, 0.25) is 5.88 Å². The molecule has 0 saturated carbocycles. The molecule has 0 atom stereocenters. The van der Waals surface area contributed by atoms with E-state index in [1.54, 1.807) is 54.9 Å². The van der Waals surface area contributed by atoms with E-state index in [0.717, 1.165) is 17.6 Å². The Hall–Kier alpha value is -3.90. The third-order valence-electron chi connectivity index (χ3n) is 4.57. The maximum atomic E-state index is 12.8. The van der Waals surface area contributed by atoms with Crippen LogP contribution in [0.3, 0.4) is 0 Å². The number of nitrogens with one attached hydrogen (secondary N) is 1. The molecule has 160 valence electrons. The number of nitrogens with zero attached hydrogens (tertiary/aromatic N) is 6. The van der Waals surface area contributed by atoms with Crippen molar-refractivity contribution >= 4 is 38.5 Å². The first-order valence-electron chi connectivity index (χ1n) is 9.34. The number of imidazole rings is 1. The zero-order chi connectivity index (χ0) is 22.1. The Morgan fingerprint density at radius 3 is 2.66 bits per heavy atom. The quantitative estimate of drug-likeness (QED) is 0.403. The zero-order valence-corrected chi connectivity index (χ0v) is 18.2. The molecule has 0 aliphatic heterocycles. The maximum Gasteiger partial charge on any atom is 0.264 e. The highest BCUT2D eigenvalue weighted by molar-refractivity contribution is 7.93. The molecule has 5 rings (SSSR count). The van der Waals surface area contributed by atoms with Gasteiger partial charge in [-0.2, -0.15) is 8.75 Å². The third kappa shape index (κ3) is 3.88. The standard InChI is InChI=1S/C20H15N7O3S2/c1-13-21-9-10-27(13)18-11-19(23-12-22-18)30-15-7-5-14(6-8-15)26-32(28,29)17-4-2-3-16-20(17)25-31-24-16/h2-12,26H,1H3. The normalized spacial score (nSPS) is 11.5. The van der Waals surface area contributed by atoms with Gasteiger partial charge in [0.1, 0.15) is 39.6 Å². The molecule has 0 aliphatic carbocycles. The molecule has 2 aromatic carbocycles. The van der Waals surface area contributed by atoms with E-state index in [9.17, 15) is 8.42 Å². The molecule has 3 aromatic heterocycles. The summed E-state index contributed by atoms with van der Waals surface area (Å²) >= 11 is 0.969. The molecule has 1 N–H and O–H groups in total. The van der Waals surface area contributed by atoms with E-state index in [1.807, 2.05) is 11.5 Å². The first-order valence-corrected chi connectivity index (χ1v) is 11.6. The van der Waals surface area contributed by atoms with E-state index in [-0.39, 0.29) is 4.90 Å². The van der Waals surface area contributed by atoms with Gasteiger partial charge < -0.3 is 4.74 Å². The number of hydrogen-bond donors (Lipinski definition) is 1. The van der Waals surface area contributed by atoms with Gasteiger partial charge in [-0.15, -0.1) is 0 Å². The van der Waals surface area contributed by atoms with E-state index in [2.05, 4.69) is 28.4 Å². The van der Waals surface area contributed by atoms with Crippen molar-refractivity contribution in [3.63, 3.8) is 0 Å². The van der Waals surface area contributed by atoms with E-state index >= 15 is 0 Å². The van der Waals surface area contributed by atoms with Crippen LogP contribution in [0.5, 0.6) is 11.6 Å². The van der Waals surface area contributed by atoms with Gasteiger partial charge in [-0.3, -0.25) is 9.29 Å². The molecule has 12 heteroatoms. The smallest absolute Gasteiger partial charge is 0.264 e. The number of fused-ring (bicyclic) bond motifs is 1. The van der Waals surface area contributed by atoms with Gasteiger partial charge in [-0.1, -0.05) is 6.07 Å². The number of benzene rings is 2. The Morgan fingerprint density at radius 2 is 1.88 bits per heavy atom. The van der Waals surface area contributed by atoms with Gasteiger partial charge >= 0.3 is 0 Å². The lowest BCUT2D eigenvalue weighted by atomic mass is 10.3. The summed E-state index contributed by atoms with van der Waals surface area (Å²) in [4.78, 5) is 12.6. The summed E-state index contributed by atoms with van der Waals surface area (Å²) in [7, 11) is -3.83. The average molecular weight is 466 g/mol. The van der Waals surface area contributed by atoms with Gasteiger partial charge in [-0.25, -0.2) is 23.4 Å². The summed E-state index contributed by atoms with van der Waals surface area (Å²) in [5.41, 5.74) is 1.27. The fourth-order valence-electron chi connectivity index (χ4n) is 3.06. The molecule has 0 saturated heterocycles. The molecule has 10 nitrogen and oxygen atoms in total. The van der Waals surface area contributed by atoms with Crippen LogP contribution in [0, 0.1) is 6.92 Å². The number of sulfonamides is 1. The summed E-state index contributed by atoms with van der Waals surface area (Å²) < 4.78 is 44.0. The van der Waals surface area contributed by atoms with E-state index < -0.39 is 10.0 Å². The number of rotatable bonds is 6. The Labute approximate surface area is 187 Å². The van der Waals surface area contributed by atoms with Crippen molar-refractivity contribution in [2.75, 3.05) is 4.72 Å². The van der Waals surface area contributed by atoms with Gasteiger partial charge in [0, 0.05) is 24.1 Å². The predicted molar refractivity (Wildman–Crippen MR) is 119 cm³/mol. The van der Waals surface area contributed by atoms with Gasteiger partial charge in [0.05, 0.1) is 11.7 Å². The molecule has 0 amide bonds. The van der Waals surface area contributed by atoms with Crippen LogP contribution in [0.15, 0.2) is 72.1 Å². The number of aryl methyl sites for hydroxylation is 1. The molecule has 32 heavy (non-hydrogen) atoms. The van der Waals surface area contributed by atoms with Gasteiger partial charge in [-0.05, 0) is 43.3 Å². The van der Waals surface area contributed by atoms with Crippen molar-refractivity contribution < 1.29 is 13.2 Å². The predicted octanol–water partition coefficient (Wildman–Crippen LogP) is 3.57. The monoisotopic (exact) mass is 465 g/mol. The largest absolute Gasteiger partial charge is 0.439 e. The SMILES string of the molecule is Cc1nccn1-c1cc(Oc2ccc(NS(=O)(=O)c3cccc4nsnc34)cc2)ncn1. The van der Waals surface area contributed by atoms with Crippen LogP contribution in [-0.4, -0.2) is 36.7 Å².